The van der Waals surface area contributed by atoms with Crippen molar-refractivity contribution >= 4 is 0 Å². The van der Waals surface area contributed by atoms with Crippen LogP contribution < -0.4 is 5.32 Å². The van der Waals surface area contributed by atoms with E-state index < -0.39 is 0 Å². The molecule has 2 fully saturated rings. The monoisotopic (exact) mass is 225 g/mol. The second-order valence-corrected chi connectivity index (χ2v) is 5.74. The highest BCUT2D eigenvalue weighted by Gasteiger charge is 2.43. The molecular weight excluding hydrogens is 198 g/mol. The second kappa shape index (κ2) is 5.50. The van der Waals surface area contributed by atoms with E-state index in [9.17, 15) is 0 Å². The average Bonchev–Trinajstić information content (AvgIpc) is 2.32. The summed E-state index contributed by atoms with van der Waals surface area (Å²) < 4.78 is 6.20. The van der Waals surface area contributed by atoms with E-state index in [0.717, 1.165) is 19.1 Å². The van der Waals surface area contributed by atoms with Gasteiger partial charge >= 0.3 is 0 Å². The van der Waals surface area contributed by atoms with E-state index >= 15 is 0 Å². The van der Waals surface area contributed by atoms with Crippen LogP contribution in [0.2, 0.25) is 0 Å². The minimum Gasteiger partial charge on any atom is -0.372 e. The summed E-state index contributed by atoms with van der Waals surface area (Å²) in [5, 5.41) is 3.70. The Morgan fingerprint density at radius 1 is 1.31 bits per heavy atom. The molecule has 16 heavy (non-hydrogen) atoms. The molecule has 2 heteroatoms. The van der Waals surface area contributed by atoms with Crippen molar-refractivity contribution in [3.63, 3.8) is 0 Å². The summed E-state index contributed by atoms with van der Waals surface area (Å²) in [7, 11) is 0. The Kier molecular flexibility index (Phi) is 4.26. The maximum atomic E-state index is 6.20. The summed E-state index contributed by atoms with van der Waals surface area (Å²) in [5.41, 5.74) is 0.194. The van der Waals surface area contributed by atoms with Gasteiger partial charge in [-0.05, 0) is 38.0 Å². The van der Waals surface area contributed by atoms with Crippen molar-refractivity contribution in [2.24, 2.45) is 5.92 Å². The third-order valence-electron chi connectivity index (χ3n) is 4.48. The molecule has 1 atom stereocenters. The number of morpholine rings is 1. The molecule has 0 amide bonds. The Hall–Kier alpha value is -0.0800. The average molecular weight is 225 g/mol. The van der Waals surface area contributed by atoms with Gasteiger partial charge in [-0.1, -0.05) is 26.7 Å². The van der Waals surface area contributed by atoms with Crippen LogP contribution in [-0.2, 0) is 4.74 Å². The number of rotatable bonds is 3. The fourth-order valence-electron chi connectivity index (χ4n) is 3.29. The molecule has 1 aliphatic carbocycles. The van der Waals surface area contributed by atoms with Crippen LogP contribution in [0, 0.1) is 5.92 Å². The Bertz CT molecular complexity index is 209. The molecule has 1 spiro atoms. The van der Waals surface area contributed by atoms with E-state index in [-0.39, 0.29) is 5.60 Å². The van der Waals surface area contributed by atoms with Gasteiger partial charge in [-0.15, -0.1) is 0 Å². The van der Waals surface area contributed by atoms with Crippen molar-refractivity contribution < 1.29 is 4.74 Å². The van der Waals surface area contributed by atoms with Crippen LogP contribution in [0.1, 0.15) is 58.8 Å². The van der Waals surface area contributed by atoms with Crippen LogP contribution in [0.15, 0.2) is 0 Å². The van der Waals surface area contributed by atoms with Gasteiger partial charge in [-0.25, -0.2) is 0 Å². The predicted molar refractivity (Wildman–Crippen MR) is 67.6 cm³/mol. The van der Waals surface area contributed by atoms with E-state index in [1.54, 1.807) is 0 Å². The lowest BCUT2D eigenvalue weighted by atomic mass is 9.73. The Morgan fingerprint density at radius 3 is 2.75 bits per heavy atom. The first-order valence-electron chi connectivity index (χ1n) is 7.14. The molecule has 1 N–H and O–H groups in total. The van der Waals surface area contributed by atoms with Gasteiger partial charge in [0, 0.05) is 12.6 Å². The Balaban J connectivity index is 1.97. The minimum atomic E-state index is 0.194. The second-order valence-electron chi connectivity index (χ2n) is 5.74. The number of ether oxygens (including phenoxy) is 1. The summed E-state index contributed by atoms with van der Waals surface area (Å²) >= 11 is 0. The molecule has 1 heterocycles. The van der Waals surface area contributed by atoms with Crippen LogP contribution in [0.3, 0.4) is 0 Å². The van der Waals surface area contributed by atoms with E-state index in [2.05, 4.69) is 19.2 Å². The normalized spacial score (nSPS) is 40.1. The standard InChI is InChI=1S/C14H27NO/c1-3-4-5-13-14(16-11-10-15-13)8-6-12(2)7-9-14/h12-13,15H,3-11H2,1-2H3. The molecule has 1 aliphatic heterocycles. The fourth-order valence-corrected chi connectivity index (χ4v) is 3.29. The Labute approximate surface area is 100 Å². The van der Waals surface area contributed by atoms with Crippen LogP contribution in [0.25, 0.3) is 0 Å². The SMILES string of the molecule is CCCCC1NCCOC12CCC(C)CC2. The molecule has 0 aromatic carbocycles. The highest BCUT2D eigenvalue weighted by molar-refractivity contribution is 4.98. The lowest BCUT2D eigenvalue weighted by Crippen LogP contribution is -2.59. The lowest BCUT2D eigenvalue weighted by molar-refractivity contribution is -0.124. The first-order chi connectivity index (χ1) is 7.77. The highest BCUT2D eigenvalue weighted by Crippen LogP contribution is 2.39. The molecule has 0 bridgehead atoms. The molecule has 0 aromatic heterocycles. The molecule has 0 aromatic rings. The van der Waals surface area contributed by atoms with E-state index in [1.165, 1.54) is 44.9 Å². The lowest BCUT2D eigenvalue weighted by Gasteiger charge is -2.48. The maximum absolute atomic E-state index is 6.20. The number of hydrogen-bond donors (Lipinski definition) is 1. The van der Waals surface area contributed by atoms with E-state index in [1.807, 2.05) is 0 Å². The van der Waals surface area contributed by atoms with Crippen molar-refractivity contribution in [3.8, 4) is 0 Å². The smallest absolute Gasteiger partial charge is 0.0835 e. The van der Waals surface area contributed by atoms with Crippen molar-refractivity contribution in [2.45, 2.75) is 70.4 Å². The van der Waals surface area contributed by atoms with Gasteiger partial charge in [-0.3, -0.25) is 0 Å². The summed E-state index contributed by atoms with van der Waals surface area (Å²) in [5.74, 6) is 0.906. The van der Waals surface area contributed by atoms with Gasteiger partial charge in [-0.2, -0.15) is 0 Å². The zero-order valence-corrected chi connectivity index (χ0v) is 10.9. The van der Waals surface area contributed by atoms with Crippen molar-refractivity contribution in [1.29, 1.82) is 0 Å². The molecule has 0 radical (unpaired) electrons. The molecular formula is C14H27NO. The van der Waals surface area contributed by atoms with Crippen LogP contribution in [0.5, 0.6) is 0 Å². The summed E-state index contributed by atoms with van der Waals surface area (Å²) in [6.45, 7) is 6.62. The van der Waals surface area contributed by atoms with Crippen LogP contribution in [-0.4, -0.2) is 24.8 Å². The first-order valence-corrected chi connectivity index (χ1v) is 7.14. The largest absolute Gasteiger partial charge is 0.372 e. The van der Waals surface area contributed by atoms with Gasteiger partial charge in [0.25, 0.3) is 0 Å². The van der Waals surface area contributed by atoms with E-state index in [4.69, 9.17) is 4.74 Å². The molecule has 1 saturated carbocycles. The number of nitrogens with one attached hydrogen (secondary N) is 1. The van der Waals surface area contributed by atoms with Gasteiger partial charge in [0.1, 0.15) is 0 Å². The number of unbranched alkanes of at least 4 members (excludes halogenated alkanes) is 1. The molecule has 94 valence electrons. The van der Waals surface area contributed by atoms with Gasteiger partial charge in [0.2, 0.25) is 0 Å². The summed E-state index contributed by atoms with van der Waals surface area (Å²) in [4.78, 5) is 0. The third kappa shape index (κ3) is 2.60. The number of hydrogen-bond acceptors (Lipinski definition) is 2. The first kappa shape index (κ1) is 12.4. The highest BCUT2D eigenvalue weighted by atomic mass is 16.5. The summed E-state index contributed by atoms with van der Waals surface area (Å²) in [6, 6.07) is 0.619. The molecule has 2 aliphatic rings. The van der Waals surface area contributed by atoms with Gasteiger partial charge in [0.05, 0.1) is 12.2 Å². The van der Waals surface area contributed by atoms with E-state index in [0.29, 0.717) is 6.04 Å². The molecule has 1 saturated heterocycles. The van der Waals surface area contributed by atoms with Crippen LogP contribution >= 0.6 is 0 Å². The summed E-state index contributed by atoms with van der Waals surface area (Å²) in [6.07, 6.45) is 9.17. The van der Waals surface area contributed by atoms with Crippen molar-refractivity contribution in [3.05, 3.63) is 0 Å². The third-order valence-corrected chi connectivity index (χ3v) is 4.48. The Morgan fingerprint density at radius 2 is 2.06 bits per heavy atom. The topological polar surface area (TPSA) is 21.3 Å². The van der Waals surface area contributed by atoms with Gasteiger partial charge < -0.3 is 10.1 Å². The quantitative estimate of drug-likeness (QED) is 0.797. The molecule has 1 unspecified atom stereocenters. The predicted octanol–water partition coefficient (Wildman–Crippen LogP) is 3.11. The van der Waals surface area contributed by atoms with Crippen LogP contribution in [0.4, 0.5) is 0 Å². The molecule has 2 rings (SSSR count). The van der Waals surface area contributed by atoms with Crippen molar-refractivity contribution in [1.82, 2.24) is 5.32 Å². The minimum absolute atomic E-state index is 0.194. The zero-order chi connectivity index (χ0) is 11.4. The zero-order valence-electron chi connectivity index (χ0n) is 10.9. The van der Waals surface area contributed by atoms with Gasteiger partial charge in [0.15, 0.2) is 0 Å². The molecule has 2 nitrogen and oxygen atoms in total. The van der Waals surface area contributed by atoms with Crippen molar-refractivity contribution in [2.75, 3.05) is 13.2 Å². The maximum Gasteiger partial charge on any atom is 0.0835 e. The fraction of sp³-hybridized carbons (Fsp3) is 1.00.